The third-order valence-corrected chi connectivity index (χ3v) is 5.14. The van der Waals surface area contributed by atoms with Crippen LogP contribution in [0.4, 0.5) is 4.39 Å². The van der Waals surface area contributed by atoms with Crippen molar-refractivity contribution in [2.45, 2.75) is 6.04 Å². The highest BCUT2D eigenvalue weighted by Gasteiger charge is 2.25. The summed E-state index contributed by atoms with van der Waals surface area (Å²) in [6.07, 6.45) is 1.51. The molecule has 0 aliphatic carbocycles. The van der Waals surface area contributed by atoms with Gasteiger partial charge in [-0.2, -0.15) is 0 Å². The van der Waals surface area contributed by atoms with Crippen molar-refractivity contribution in [2.75, 3.05) is 53.9 Å². The molecule has 1 atom stereocenters. The van der Waals surface area contributed by atoms with Crippen LogP contribution in [0.2, 0.25) is 0 Å². The zero-order valence-corrected chi connectivity index (χ0v) is 19.9. The SMILES string of the molecule is CN=C(NCC(c1ccc(F)cc1)N(C)C)N1CCN(C(=O)c2ccco2)CC1.I. The van der Waals surface area contributed by atoms with Crippen LogP contribution in [0.3, 0.4) is 0 Å². The van der Waals surface area contributed by atoms with Crippen molar-refractivity contribution in [3.05, 3.63) is 59.8 Å². The lowest BCUT2D eigenvalue weighted by Gasteiger charge is -2.37. The molecule has 1 fully saturated rings. The Morgan fingerprint density at radius 2 is 1.80 bits per heavy atom. The highest BCUT2D eigenvalue weighted by molar-refractivity contribution is 14.0. The monoisotopic (exact) mass is 529 g/mol. The number of carbonyl (C=O) groups is 1. The Morgan fingerprint density at radius 3 is 2.33 bits per heavy atom. The second-order valence-electron chi connectivity index (χ2n) is 7.22. The first-order chi connectivity index (χ1) is 14.0. The van der Waals surface area contributed by atoms with Crippen LogP contribution in [0.5, 0.6) is 0 Å². The highest BCUT2D eigenvalue weighted by atomic mass is 127. The van der Waals surface area contributed by atoms with E-state index in [0.29, 0.717) is 38.5 Å². The van der Waals surface area contributed by atoms with Gasteiger partial charge in [0.2, 0.25) is 0 Å². The van der Waals surface area contributed by atoms with Gasteiger partial charge >= 0.3 is 0 Å². The van der Waals surface area contributed by atoms with Crippen molar-refractivity contribution in [2.24, 2.45) is 4.99 Å². The molecule has 164 valence electrons. The molecule has 7 nitrogen and oxygen atoms in total. The summed E-state index contributed by atoms with van der Waals surface area (Å²) in [4.78, 5) is 22.8. The van der Waals surface area contributed by atoms with Crippen LogP contribution in [0, 0.1) is 5.82 Å². The van der Waals surface area contributed by atoms with Crippen molar-refractivity contribution >= 4 is 35.8 Å². The Hall–Kier alpha value is -2.14. The van der Waals surface area contributed by atoms with E-state index in [9.17, 15) is 9.18 Å². The molecule has 1 aromatic heterocycles. The number of nitrogens with zero attached hydrogens (tertiary/aromatic N) is 4. The van der Waals surface area contributed by atoms with Crippen LogP contribution < -0.4 is 5.32 Å². The van der Waals surface area contributed by atoms with E-state index < -0.39 is 0 Å². The number of nitrogens with one attached hydrogen (secondary N) is 1. The van der Waals surface area contributed by atoms with E-state index in [2.05, 4.69) is 20.1 Å². The molecule has 2 aromatic rings. The molecule has 3 rings (SSSR count). The van der Waals surface area contributed by atoms with E-state index in [1.54, 1.807) is 24.1 Å². The van der Waals surface area contributed by atoms with Crippen molar-refractivity contribution in [1.29, 1.82) is 0 Å². The van der Waals surface area contributed by atoms with E-state index in [4.69, 9.17) is 4.42 Å². The molecule has 1 aliphatic rings. The van der Waals surface area contributed by atoms with E-state index in [1.807, 2.05) is 26.2 Å². The fourth-order valence-corrected chi connectivity index (χ4v) is 3.48. The predicted octanol–water partition coefficient (Wildman–Crippen LogP) is 2.67. The minimum Gasteiger partial charge on any atom is -0.459 e. The van der Waals surface area contributed by atoms with Crippen LogP contribution in [0.15, 0.2) is 52.1 Å². The molecular weight excluding hydrogens is 500 g/mol. The van der Waals surface area contributed by atoms with Crippen molar-refractivity contribution in [3.63, 3.8) is 0 Å². The number of guanidine groups is 1. The van der Waals surface area contributed by atoms with Gasteiger partial charge in [-0.15, -0.1) is 24.0 Å². The molecule has 1 unspecified atom stereocenters. The number of furan rings is 1. The number of carbonyl (C=O) groups excluding carboxylic acids is 1. The number of hydrogen-bond donors (Lipinski definition) is 1. The summed E-state index contributed by atoms with van der Waals surface area (Å²) in [6, 6.07) is 10.1. The zero-order valence-electron chi connectivity index (χ0n) is 17.5. The molecule has 0 bridgehead atoms. The van der Waals surface area contributed by atoms with Gasteiger partial charge < -0.3 is 24.4 Å². The van der Waals surface area contributed by atoms with Gasteiger partial charge in [0.1, 0.15) is 5.82 Å². The largest absolute Gasteiger partial charge is 0.459 e. The van der Waals surface area contributed by atoms with Gasteiger partial charge in [0.25, 0.3) is 5.91 Å². The van der Waals surface area contributed by atoms with Gasteiger partial charge in [-0.3, -0.25) is 9.79 Å². The van der Waals surface area contributed by atoms with Crippen molar-refractivity contribution in [3.8, 4) is 0 Å². The second kappa shape index (κ2) is 11.3. The molecular formula is C21H29FIN5O2. The lowest BCUT2D eigenvalue weighted by atomic mass is 10.1. The lowest BCUT2D eigenvalue weighted by Crippen LogP contribution is -2.54. The van der Waals surface area contributed by atoms with Crippen LogP contribution in [0.1, 0.15) is 22.2 Å². The summed E-state index contributed by atoms with van der Waals surface area (Å²) < 4.78 is 18.5. The molecule has 2 heterocycles. The lowest BCUT2D eigenvalue weighted by molar-refractivity contribution is 0.0657. The molecule has 1 saturated heterocycles. The second-order valence-corrected chi connectivity index (χ2v) is 7.22. The quantitative estimate of drug-likeness (QED) is 0.367. The maximum Gasteiger partial charge on any atom is 0.289 e. The van der Waals surface area contributed by atoms with Crippen LogP contribution in [0.25, 0.3) is 0 Å². The standard InChI is InChI=1S/C21H28FN5O2.HI/c1-23-21(24-15-18(25(2)3)16-6-8-17(22)9-7-16)27-12-10-26(11-13-27)20(28)19-5-4-14-29-19;/h4-9,14,18H,10-13,15H2,1-3H3,(H,23,24);1H. The number of rotatable bonds is 5. The van der Waals surface area contributed by atoms with E-state index in [1.165, 1.54) is 18.4 Å². The number of piperazine rings is 1. The number of likely N-dealkylation sites (N-methyl/N-ethyl adjacent to an activating group) is 1. The summed E-state index contributed by atoms with van der Waals surface area (Å²) in [5.74, 6) is 0.844. The highest BCUT2D eigenvalue weighted by Crippen LogP contribution is 2.18. The topological polar surface area (TPSA) is 64.3 Å². The van der Waals surface area contributed by atoms with Crippen LogP contribution in [-0.2, 0) is 0 Å². The maximum atomic E-state index is 13.3. The number of aliphatic imine (C=N–C) groups is 1. The van der Waals surface area contributed by atoms with E-state index >= 15 is 0 Å². The maximum absolute atomic E-state index is 13.3. The molecule has 0 saturated carbocycles. The van der Waals surface area contributed by atoms with Gasteiger partial charge in [0.15, 0.2) is 11.7 Å². The molecule has 0 radical (unpaired) electrons. The van der Waals surface area contributed by atoms with Gasteiger partial charge in [-0.25, -0.2) is 4.39 Å². The number of amides is 1. The fraction of sp³-hybridized carbons (Fsp3) is 0.429. The van der Waals surface area contributed by atoms with Gasteiger partial charge in [0.05, 0.1) is 12.3 Å². The minimum absolute atomic E-state index is 0. The van der Waals surface area contributed by atoms with Crippen LogP contribution in [-0.4, -0.2) is 80.4 Å². The molecule has 9 heteroatoms. The zero-order chi connectivity index (χ0) is 20.8. The normalized spacial score (nSPS) is 15.7. The van der Waals surface area contributed by atoms with E-state index in [0.717, 1.165) is 11.5 Å². The predicted molar refractivity (Wildman–Crippen MR) is 126 cm³/mol. The molecule has 1 aliphatic heterocycles. The molecule has 0 spiro atoms. The first kappa shape index (κ1) is 24.1. The molecule has 1 N–H and O–H groups in total. The van der Waals surface area contributed by atoms with Crippen molar-refractivity contribution in [1.82, 2.24) is 20.0 Å². The Balaban J connectivity index is 0.00000320. The molecule has 30 heavy (non-hydrogen) atoms. The van der Waals surface area contributed by atoms with Gasteiger partial charge in [0, 0.05) is 39.8 Å². The Morgan fingerprint density at radius 1 is 1.17 bits per heavy atom. The van der Waals surface area contributed by atoms with Crippen LogP contribution >= 0.6 is 24.0 Å². The molecule has 1 amide bonds. The number of hydrogen-bond acceptors (Lipinski definition) is 4. The minimum atomic E-state index is -0.239. The third kappa shape index (κ3) is 5.94. The summed E-state index contributed by atoms with van der Waals surface area (Å²) >= 11 is 0. The Bertz CT molecular complexity index is 818. The Kier molecular flexibility index (Phi) is 9.09. The van der Waals surface area contributed by atoms with Gasteiger partial charge in [-0.1, -0.05) is 12.1 Å². The van der Waals surface area contributed by atoms with E-state index in [-0.39, 0.29) is 41.7 Å². The summed E-state index contributed by atoms with van der Waals surface area (Å²) in [6.45, 7) is 3.23. The summed E-state index contributed by atoms with van der Waals surface area (Å²) in [5.41, 5.74) is 1.04. The Labute approximate surface area is 193 Å². The first-order valence-corrected chi connectivity index (χ1v) is 9.70. The summed E-state index contributed by atoms with van der Waals surface area (Å²) in [5, 5.41) is 3.42. The first-order valence-electron chi connectivity index (χ1n) is 9.70. The number of benzene rings is 1. The average molecular weight is 529 g/mol. The van der Waals surface area contributed by atoms with Gasteiger partial charge in [-0.05, 0) is 43.9 Å². The number of halogens is 2. The smallest absolute Gasteiger partial charge is 0.289 e. The average Bonchev–Trinajstić information content (AvgIpc) is 3.27. The molecule has 1 aromatic carbocycles. The third-order valence-electron chi connectivity index (χ3n) is 5.14. The van der Waals surface area contributed by atoms with Crippen molar-refractivity contribution < 1.29 is 13.6 Å². The fourth-order valence-electron chi connectivity index (χ4n) is 3.48. The summed E-state index contributed by atoms with van der Waals surface area (Å²) in [7, 11) is 5.75.